The monoisotopic (exact) mass is 414 g/mol. The van der Waals surface area contributed by atoms with Gasteiger partial charge in [0, 0.05) is 30.8 Å². The molecule has 3 aromatic rings. The van der Waals surface area contributed by atoms with E-state index in [2.05, 4.69) is 14.8 Å². The Morgan fingerprint density at radius 3 is 2.62 bits per heavy atom. The van der Waals surface area contributed by atoms with Gasteiger partial charge in [0.15, 0.2) is 0 Å². The third-order valence-electron chi connectivity index (χ3n) is 4.40. The first-order valence-electron chi connectivity index (χ1n) is 9.22. The van der Waals surface area contributed by atoms with Crippen LogP contribution in [0.3, 0.4) is 0 Å². The molecule has 0 aliphatic carbocycles. The van der Waals surface area contributed by atoms with E-state index in [-0.39, 0.29) is 18.9 Å². The van der Waals surface area contributed by atoms with Crippen molar-refractivity contribution in [2.75, 3.05) is 20.3 Å². The maximum absolute atomic E-state index is 12.4. The zero-order chi connectivity index (χ0) is 20.7. The van der Waals surface area contributed by atoms with Crippen LogP contribution in [0.25, 0.3) is 21.9 Å². The van der Waals surface area contributed by atoms with E-state index < -0.39 is 7.82 Å². The van der Waals surface area contributed by atoms with Crippen molar-refractivity contribution in [1.82, 2.24) is 10.3 Å². The van der Waals surface area contributed by atoms with Crippen molar-refractivity contribution in [3.8, 4) is 11.1 Å². The van der Waals surface area contributed by atoms with Crippen LogP contribution in [0.2, 0.25) is 0 Å². The molecule has 152 valence electrons. The highest BCUT2D eigenvalue weighted by Gasteiger charge is 2.18. The van der Waals surface area contributed by atoms with Crippen molar-refractivity contribution >= 4 is 24.5 Å². The fourth-order valence-electron chi connectivity index (χ4n) is 3.01. The molecule has 0 aliphatic heterocycles. The molecule has 7 nitrogen and oxygen atoms in total. The second-order valence-corrected chi connectivity index (χ2v) is 7.96. The summed E-state index contributed by atoms with van der Waals surface area (Å²) in [6.07, 6.45) is 2.30. The number of pyridine rings is 1. The quantitative estimate of drug-likeness (QED) is 0.409. The molecule has 8 heteroatoms. The summed E-state index contributed by atoms with van der Waals surface area (Å²) in [6.45, 7) is 0.322. The number of benzene rings is 2. The van der Waals surface area contributed by atoms with Crippen LogP contribution in [0.1, 0.15) is 12.1 Å². The molecule has 0 fully saturated rings. The SMILES string of the molecule is COP(=O)(O)OCCCNC(=O)Cc1ncc2ccccc2c1-c1ccccc1. The topological polar surface area (TPSA) is 97.8 Å². The van der Waals surface area contributed by atoms with Crippen molar-refractivity contribution in [3.63, 3.8) is 0 Å². The van der Waals surface area contributed by atoms with E-state index in [0.29, 0.717) is 18.7 Å². The summed E-state index contributed by atoms with van der Waals surface area (Å²) in [7, 11) is -2.88. The van der Waals surface area contributed by atoms with Crippen molar-refractivity contribution in [3.05, 3.63) is 66.5 Å². The van der Waals surface area contributed by atoms with Gasteiger partial charge in [-0.1, -0.05) is 54.6 Å². The Morgan fingerprint density at radius 2 is 1.86 bits per heavy atom. The Hall–Kier alpha value is -2.57. The predicted molar refractivity (Wildman–Crippen MR) is 111 cm³/mol. The van der Waals surface area contributed by atoms with Gasteiger partial charge < -0.3 is 10.2 Å². The zero-order valence-electron chi connectivity index (χ0n) is 16.1. The molecule has 1 unspecified atom stereocenters. The van der Waals surface area contributed by atoms with Crippen LogP contribution in [0, 0.1) is 0 Å². The van der Waals surface area contributed by atoms with Gasteiger partial charge >= 0.3 is 7.82 Å². The molecule has 2 N–H and O–H groups in total. The number of hydrogen-bond acceptors (Lipinski definition) is 5. The second kappa shape index (κ2) is 9.76. The van der Waals surface area contributed by atoms with E-state index in [1.165, 1.54) is 0 Å². The van der Waals surface area contributed by atoms with Gasteiger partial charge in [-0.3, -0.25) is 18.8 Å². The van der Waals surface area contributed by atoms with Gasteiger partial charge in [0.25, 0.3) is 0 Å². The highest BCUT2D eigenvalue weighted by atomic mass is 31.2. The number of nitrogens with zero attached hydrogens (tertiary/aromatic N) is 1. The first kappa shape index (κ1) is 21.1. The lowest BCUT2D eigenvalue weighted by molar-refractivity contribution is -0.120. The lowest BCUT2D eigenvalue weighted by atomic mass is 9.96. The Kier molecular flexibility index (Phi) is 7.12. The lowest BCUT2D eigenvalue weighted by Gasteiger charge is -2.13. The van der Waals surface area contributed by atoms with Gasteiger partial charge in [0.05, 0.1) is 18.7 Å². The van der Waals surface area contributed by atoms with Gasteiger partial charge in [-0.15, -0.1) is 0 Å². The summed E-state index contributed by atoms with van der Waals surface area (Å²) in [4.78, 5) is 26.1. The molecule has 2 aromatic carbocycles. The number of amides is 1. The molecule has 0 saturated carbocycles. The van der Waals surface area contributed by atoms with Gasteiger partial charge in [0.1, 0.15) is 0 Å². The molecule has 0 radical (unpaired) electrons. The number of rotatable bonds is 9. The lowest BCUT2D eigenvalue weighted by Crippen LogP contribution is -2.27. The Morgan fingerprint density at radius 1 is 1.14 bits per heavy atom. The van der Waals surface area contributed by atoms with E-state index >= 15 is 0 Å². The molecule has 0 bridgehead atoms. The number of phosphoric acid groups is 1. The van der Waals surface area contributed by atoms with E-state index in [1.54, 1.807) is 6.20 Å². The first-order valence-corrected chi connectivity index (χ1v) is 10.7. The number of aromatic nitrogens is 1. The van der Waals surface area contributed by atoms with E-state index in [9.17, 15) is 9.36 Å². The van der Waals surface area contributed by atoms with Crippen molar-refractivity contribution in [2.45, 2.75) is 12.8 Å². The second-order valence-electron chi connectivity index (χ2n) is 6.40. The van der Waals surface area contributed by atoms with Crippen LogP contribution in [-0.2, 0) is 24.8 Å². The molecule has 3 rings (SSSR count). The number of carbonyl (C=O) groups excluding carboxylic acids is 1. The molecule has 0 spiro atoms. The third kappa shape index (κ3) is 5.71. The van der Waals surface area contributed by atoms with Crippen LogP contribution >= 0.6 is 7.82 Å². The minimum absolute atomic E-state index is 0.00534. The molecular formula is C21H23N2O5P. The van der Waals surface area contributed by atoms with Gasteiger partial charge in [-0.25, -0.2) is 4.57 Å². The maximum atomic E-state index is 12.4. The van der Waals surface area contributed by atoms with E-state index in [0.717, 1.165) is 29.0 Å². The Bertz CT molecular complexity index is 1030. The molecular weight excluding hydrogens is 391 g/mol. The fraction of sp³-hybridized carbons (Fsp3) is 0.238. The fourth-order valence-corrected chi connectivity index (χ4v) is 3.48. The van der Waals surface area contributed by atoms with Gasteiger partial charge in [-0.2, -0.15) is 0 Å². The molecule has 0 saturated heterocycles. The summed E-state index contributed by atoms with van der Waals surface area (Å²) in [6, 6.07) is 17.8. The Balaban J connectivity index is 1.70. The van der Waals surface area contributed by atoms with E-state index in [1.807, 2.05) is 54.6 Å². The molecule has 1 aromatic heterocycles. The standard InChI is InChI=1S/C21H23N2O5P/c1-27-29(25,26)28-13-7-12-22-20(24)14-19-21(16-8-3-2-4-9-16)18-11-6-5-10-17(18)15-23-19/h2-6,8-11,15H,7,12-14H2,1H3,(H,22,24)(H,25,26). The molecule has 0 aliphatic rings. The number of nitrogens with one attached hydrogen (secondary N) is 1. The summed E-state index contributed by atoms with van der Waals surface area (Å²) in [5, 5.41) is 4.85. The normalized spacial score (nSPS) is 13.2. The van der Waals surface area contributed by atoms with Crippen LogP contribution in [0.15, 0.2) is 60.8 Å². The van der Waals surface area contributed by atoms with Crippen molar-refractivity contribution in [1.29, 1.82) is 0 Å². The number of carbonyl (C=O) groups is 1. The minimum atomic E-state index is -3.98. The van der Waals surface area contributed by atoms with Crippen LogP contribution < -0.4 is 5.32 Å². The highest BCUT2D eigenvalue weighted by Crippen LogP contribution is 2.41. The maximum Gasteiger partial charge on any atom is 0.471 e. The molecule has 1 atom stereocenters. The average Bonchev–Trinajstić information content (AvgIpc) is 2.74. The average molecular weight is 414 g/mol. The van der Waals surface area contributed by atoms with Crippen molar-refractivity contribution in [2.24, 2.45) is 0 Å². The molecule has 1 amide bonds. The van der Waals surface area contributed by atoms with E-state index in [4.69, 9.17) is 9.42 Å². The molecule has 29 heavy (non-hydrogen) atoms. The minimum Gasteiger partial charge on any atom is -0.356 e. The summed E-state index contributed by atoms with van der Waals surface area (Å²) in [5.41, 5.74) is 2.65. The van der Waals surface area contributed by atoms with Crippen LogP contribution in [0.4, 0.5) is 0 Å². The number of phosphoric ester groups is 1. The predicted octanol–water partition coefficient (Wildman–Crippen LogP) is 3.71. The van der Waals surface area contributed by atoms with Crippen molar-refractivity contribution < 1.29 is 23.3 Å². The number of fused-ring (bicyclic) bond motifs is 1. The van der Waals surface area contributed by atoms with Gasteiger partial charge in [-0.05, 0) is 17.4 Å². The largest absolute Gasteiger partial charge is 0.471 e. The summed E-state index contributed by atoms with van der Waals surface area (Å²) >= 11 is 0. The summed E-state index contributed by atoms with van der Waals surface area (Å²) < 4.78 is 20.3. The van der Waals surface area contributed by atoms with Crippen LogP contribution in [-0.4, -0.2) is 36.0 Å². The summed E-state index contributed by atoms with van der Waals surface area (Å²) in [5.74, 6) is -0.177. The third-order valence-corrected chi connectivity index (χ3v) is 5.37. The van der Waals surface area contributed by atoms with Crippen LogP contribution in [0.5, 0.6) is 0 Å². The zero-order valence-corrected chi connectivity index (χ0v) is 17.0. The number of hydrogen-bond donors (Lipinski definition) is 2. The smallest absolute Gasteiger partial charge is 0.356 e. The van der Waals surface area contributed by atoms with Gasteiger partial charge in [0.2, 0.25) is 5.91 Å². The Labute approximate surface area is 169 Å². The highest BCUT2D eigenvalue weighted by molar-refractivity contribution is 7.47. The first-order chi connectivity index (χ1) is 14.0. The molecule has 1 heterocycles.